The standard InChI is InChI=1S/C32H37FN4O/c33-28-14-12-24(13-15-28)26-21-29(37(23-26)31-34-18-8-19-35-31)25-9-7-20-36(22-25)30(38)32(16-5-2-6-17-32)27-10-3-1-4-11-27/h1,3-4,8,10,12-15,18-19,21,23,25,27,30,38H,2,5-7,9,11,16-17,20,22H2. The summed E-state index contributed by atoms with van der Waals surface area (Å²) in [7, 11) is 0. The van der Waals surface area contributed by atoms with E-state index in [4.69, 9.17) is 0 Å². The number of rotatable bonds is 6. The fourth-order valence-electron chi connectivity index (χ4n) is 7.05. The van der Waals surface area contributed by atoms with E-state index in [0.29, 0.717) is 11.9 Å². The number of benzene rings is 1. The molecule has 1 aliphatic heterocycles. The molecule has 1 saturated carbocycles. The summed E-state index contributed by atoms with van der Waals surface area (Å²) in [6, 6.07) is 10.7. The molecule has 0 spiro atoms. The number of likely N-dealkylation sites (tertiary alicyclic amines) is 1. The van der Waals surface area contributed by atoms with Crippen LogP contribution in [0.3, 0.4) is 0 Å². The van der Waals surface area contributed by atoms with E-state index < -0.39 is 6.23 Å². The zero-order valence-electron chi connectivity index (χ0n) is 21.9. The highest BCUT2D eigenvalue weighted by Gasteiger charge is 2.47. The number of hydrogen-bond acceptors (Lipinski definition) is 4. The zero-order chi connectivity index (χ0) is 26.0. The Morgan fingerprint density at radius 3 is 2.50 bits per heavy atom. The van der Waals surface area contributed by atoms with Crippen LogP contribution < -0.4 is 0 Å². The molecule has 0 amide bonds. The number of allylic oxidation sites excluding steroid dienone is 4. The fourth-order valence-corrected chi connectivity index (χ4v) is 7.05. The van der Waals surface area contributed by atoms with Gasteiger partial charge >= 0.3 is 0 Å². The molecule has 3 aliphatic rings. The van der Waals surface area contributed by atoms with Crippen molar-refractivity contribution in [3.8, 4) is 17.1 Å². The van der Waals surface area contributed by atoms with Crippen LogP contribution in [0.4, 0.5) is 4.39 Å². The van der Waals surface area contributed by atoms with Crippen molar-refractivity contribution in [2.75, 3.05) is 13.1 Å². The van der Waals surface area contributed by atoms with Crippen molar-refractivity contribution in [2.45, 2.75) is 63.5 Å². The molecule has 1 aromatic carbocycles. The van der Waals surface area contributed by atoms with E-state index in [2.05, 4.69) is 56.0 Å². The third kappa shape index (κ3) is 4.87. The molecule has 3 unspecified atom stereocenters. The van der Waals surface area contributed by atoms with Gasteiger partial charge in [0, 0.05) is 54.3 Å². The molecule has 3 aromatic rings. The molecule has 1 saturated heterocycles. The van der Waals surface area contributed by atoms with E-state index in [9.17, 15) is 9.50 Å². The van der Waals surface area contributed by atoms with Crippen LogP contribution in [-0.4, -0.2) is 43.9 Å². The van der Waals surface area contributed by atoms with Gasteiger partial charge in [-0.15, -0.1) is 0 Å². The molecule has 0 radical (unpaired) electrons. The van der Waals surface area contributed by atoms with Gasteiger partial charge in [0.1, 0.15) is 12.0 Å². The average molecular weight is 513 g/mol. The van der Waals surface area contributed by atoms with Gasteiger partial charge in [-0.2, -0.15) is 0 Å². The highest BCUT2D eigenvalue weighted by molar-refractivity contribution is 5.64. The second kappa shape index (κ2) is 11.0. The lowest BCUT2D eigenvalue weighted by Crippen LogP contribution is -2.54. The SMILES string of the molecule is OC(N1CCCC(c2cc(-c3ccc(F)cc3)cn2-c2ncccn2)C1)C1(C2C=CC=CC2)CCCCC1. The fraction of sp³-hybridized carbons (Fsp3) is 0.438. The molecule has 0 bridgehead atoms. The Hall–Kier alpha value is -3.09. The maximum Gasteiger partial charge on any atom is 0.233 e. The molecule has 2 fully saturated rings. The summed E-state index contributed by atoms with van der Waals surface area (Å²) in [5.74, 6) is 1.02. The third-order valence-electron chi connectivity index (χ3n) is 9.03. The average Bonchev–Trinajstić information content (AvgIpc) is 3.44. The van der Waals surface area contributed by atoms with Crippen molar-refractivity contribution >= 4 is 0 Å². The van der Waals surface area contributed by atoms with Crippen LogP contribution in [0.2, 0.25) is 0 Å². The topological polar surface area (TPSA) is 54.2 Å². The summed E-state index contributed by atoms with van der Waals surface area (Å²) < 4.78 is 15.7. The van der Waals surface area contributed by atoms with Crippen molar-refractivity contribution < 1.29 is 9.50 Å². The highest BCUT2D eigenvalue weighted by Crippen LogP contribution is 2.50. The van der Waals surface area contributed by atoms with Gasteiger partial charge in [-0.3, -0.25) is 9.47 Å². The Bertz CT molecular complexity index is 1280. The highest BCUT2D eigenvalue weighted by atomic mass is 19.1. The van der Waals surface area contributed by atoms with Crippen LogP contribution in [0.15, 0.2) is 79.3 Å². The van der Waals surface area contributed by atoms with E-state index in [1.807, 2.05) is 18.2 Å². The molecule has 38 heavy (non-hydrogen) atoms. The maximum atomic E-state index is 13.6. The minimum atomic E-state index is -0.459. The maximum absolute atomic E-state index is 13.6. The van der Waals surface area contributed by atoms with E-state index in [1.54, 1.807) is 12.4 Å². The Morgan fingerprint density at radius 2 is 1.76 bits per heavy atom. The summed E-state index contributed by atoms with van der Waals surface area (Å²) in [6.45, 7) is 1.72. The zero-order valence-corrected chi connectivity index (χ0v) is 21.9. The van der Waals surface area contributed by atoms with Gasteiger partial charge in [0.15, 0.2) is 0 Å². The monoisotopic (exact) mass is 512 g/mol. The van der Waals surface area contributed by atoms with E-state index in [-0.39, 0.29) is 17.2 Å². The smallest absolute Gasteiger partial charge is 0.233 e. The number of nitrogens with zero attached hydrogens (tertiary/aromatic N) is 4. The molecule has 2 aliphatic carbocycles. The van der Waals surface area contributed by atoms with Gasteiger partial charge in [0.05, 0.1) is 0 Å². The van der Waals surface area contributed by atoms with Crippen LogP contribution in [0.5, 0.6) is 0 Å². The first-order valence-electron chi connectivity index (χ1n) is 14.2. The molecule has 6 rings (SSSR count). The molecular formula is C32H37FN4O. The molecule has 3 heterocycles. The van der Waals surface area contributed by atoms with Gasteiger partial charge in [0.25, 0.3) is 0 Å². The van der Waals surface area contributed by atoms with Crippen molar-refractivity contribution in [1.29, 1.82) is 0 Å². The number of aliphatic hydroxyl groups excluding tert-OH is 1. The van der Waals surface area contributed by atoms with Gasteiger partial charge in [0.2, 0.25) is 5.95 Å². The first-order valence-corrected chi connectivity index (χ1v) is 14.2. The van der Waals surface area contributed by atoms with Crippen molar-refractivity contribution in [2.24, 2.45) is 11.3 Å². The van der Waals surface area contributed by atoms with Crippen molar-refractivity contribution in [3.63, 3.8) is 0 Å². The van der Waals surface area contributed by atoms with Crippen LogP contribution in [0.1, 0.15) is 63.0 Å². The Kier molecular flexibility index (Phi) is 7.26. The molecule has 6 heteroatoms. The van der Waals surface area contributed by atoms with Crippen LogP contribution >= 0.6 is 0 Å². The van der Waals surface area contributed by atoms with Crippen LogP contribution in [0.25, 0.3) is 17.1 Å². The van der Waals surface area contributed by atoms with Gasteiger partial charge in [-0.1, -0.05) is 55.7 Å². The molecule has 1 N–H and O–H groups in total. The van der Waals surface area contributed by atoms with E-state index in [1.165, 1.54) is 31.4 Å². The quantitative estimate of drug-likeness (QED) is 0.402. The summed E-state index contributed by atoms with van der Waals surface area (Å²) in [5, 5.41) is 12.1. The minimum absolute atomic E-state index is 0.0921. The molecule has 2 aromatic heterocycles. The molecule has 198 valence electrons. The minimum Gasteiger partial charge on any atom is -0.378 e. The van der Waals surface area contributed by atoms with Gasteiger partial charge in [-0.25, -0.2) is 14.4 Å². The second-order valence-corrected chi connectivity index (χ2v) is 11.2. The van der Waals surface area contributed by atoms with Gasteiger partial charge < -0.3 is 5.11 Å². The number of aliphatic hydroxyl groups is 1. The molecular weight excluding hydrogens is 475 g/mol. The Morgan fingerprint density at radius 1 is 0.974 bits per heavy atom. The van der Waals surface area contributed by atoms with Crippen molar-refractivity contribution in [1.82, 2.24) is 19.4 Å². The lowest BCUT2D eigenvalue weighted by atomic mass is 9.62. The largest absolute Gasteiger partial charge is 0.378 e. The first-order chi connectivity index (χ1) is 18.6. The summed E-state index contributed by atoms with van der Waals surface area (Å²) in [5.41, 5.74) is 3.04. The Balaban J connectivity index is 1.32. The number of aromatic nitrogens is 3. The van der Waals surface area contributed by atoms with Crippen molar-refractivity contribution in [3.05, 3.63) is 90.8 Å². The second-order valence-electron chi connectivity index (χ2n) is 11.2. The Labute approximate surface area is 224 Å². The predicted molar refractivity (Wildman–Crippen MR) is 148 cm³/mol. The van der Waals surface area contributed by atoms with E-state index in [0.717, 1.165) is 62.0 Å². The van der Waals surface area contributed by atoms with Crippen LogP contribution in [0, 0.1) is 17.2 Å². The lowest BCUT2D eigenvalue weighted by molar-refractivity contribution is -0.135. The lowest BCUT2D eigenvalue weighted by Gasteiger charge is -2.51. The predicted octanol–water partition coefficient (Wildman–Crippen LogP) is 6.65. The molecule has 3 atom stereocenters. The molecule has 5 nitrogen and oxygen atoms in total. The van der Waals surface area contributed by atoms with Crippen LogP contribution in [-0.2, 0) is 0 Å². The number of hydrogen-bond donors (Lipinski definition) is 1. The summed E-state index contributed by atoms with van der Waals surface area (Å²) in [6.07, 6.45) is 22.9. The number of halogens is 1. The number of piperidine rings is 1. The van der Waals surface area contributed by atoms with E-state index >= 15 is 0 Å². The summed E-state index contributed by atoms with van der Waals surface area (Å²) in [4.78, 5) is 11.4. The normalized spacial score (nSPS) is 24.4. The third-order valence-corrected chi connectivity index (χ3v) is 9.03. The summed E-state index contributed by atoms with van der Waals surface area (Å²) >= 11 is 0. The van der Waals surface area contributed by atoms with Gasteiger partial charge in [-0.05, 0) is 67.9 Å². The first kappa shape index (κ1) is 25.2.